The highest BCUT2D eigenvalue weighted by atomic mass is 14.5. The quantitative estimate of drug-likeness (QED) is 0.777. The lowest BCUT2D eigenvalue weighted by atomic mass is 9.91. The van der Waals surface area contributed by atoms with Crippen molar-refractivity contribution in [1.29, 1.82) is 0 Å². The SMILES string of the molecule is CCC(CC)c1cc(CN)cc(CN)c1. The third-order valence-corrected chi connectivity index (χ3v) is 3.00. The van der Waals surface area contributed by atoms with Gasteiger partial charge < -0.3 is 11.5 Å². The van der Waals surface area contributed by atoms with Crippen molar-refractivity contribution >= 4 is 0 Å². The van der Waals surface area contributed by atoms with E-state index in [9.17, 15) is 0 Å². The van der Waals surface area contributed by atoms with Crippen LogP contribution in [-0.2, 0) is 13.1 Å². The lowest BCUT2D eigenvalue weighted by Crippen LogP contribution is -2.05. The van der Waals surface area contributed by atoms with E-state index in [0.29, 0.717) is 19.0 Å². The highest BCUT2D eigenvalue weighted by Crippen LogP contribution is 2.25. The zero-order valence-electron chi connectivity index (χ0n) is 9.79. The van der Waals surface area contributed by atoms with Gasteiger partial charge in [0.15, 0.2) is 0 Å². The largest absolute Gasteiger partial charge is 0.326 e. The van der Waals surface area contributed by atoms with E-state index in [1.165, 1.54) is 29.5 Å². The molecule has 0 radical (unpaired) electrons. The van der Waals surface area contributed by atoms with Crippen molar-refractivity contribution in [2.24, 2.45) is 11.5 Å². The third kappa shape index (κ3) is 3.05. The summed E-state index contributed by atoms with van der Waals surface area (Å²) in [6.45, 7) is 5.65. The van der Waals surface area contributed by atoms with Gasteiger partial charge in [0.2, 0.25) is 0 Å². The van der Waals surface area contributed by atoms with Crippen LogP contribution in [0.3, 0.4) is 0 Å². The van der Waals surface area contributed by atoms with Crippen molar-refractivity contribution in [3.63, 3.8) is 0 Å². The Balaban J connectivity index is 3.05. The van der Waals surface area contributed by atoms with Gasteiger partial charge in [-0.25, -0.2) is 0 Å². The molecule has 0 unspecified atom stereocenters. The molecule has 0 bridgehead atoms. The Hall–Kier alpha value is -0.860. The van der Waals surface area contributed by atoms with Crippen LogP contribution in [0.4, 0.5) is 0 Å². The number of benzene rings is 1. The van der Waals surface area contributed by atoms with Crippen LogP contribution in [0.1, 0.15) is 49.3 Å². The maximum absolute atomic E-state index is 5.68. The van der Waals surface area contributed by atoms with Gasteiger partial charge in [-0.2, -0.15) is 0 Å². The summed E-state index contributed by atoms with van der Waals surface area (Å²) in [6.07, 6.45) is 2.35. The smallest absolute Gasteiger partial charge is 0.0178 e. The lowest BCUT2D eigenvalue weighted by Gasteiger charge is -2.15. The van der Waals surface area contributed by atoms with Crippen LogP contribution in [0.2, 0.25) is 0 Å². The molecule has 1 rings (SSSR count). The van der Waals surface area contributed by atoms with Crippen LogP contribution in [-0.4, -0.2) is 0 Å². The summed E-state index contributed by atoms with van der Waals surface area (Å²) >= 11 is 0. The molecule has 0 aliphatic heterocycles. The Morgan fingerprint density at radius 2 is 1.40 bits per heavy atom. The molecule has 15 heavy (non-hydrogen) atoms. The predicted molar refractivity (Wildman–Crippen MR) is 65.5 cm³/mol. The van der Waals surface area contributed by atoms with E-state index in [1.54, 1.807) is 0 Å². The molecule has 0 aliphatic carbocycles. The van der Waals surface area contributed by atoms with E-state index in [4.69, 9.17) is 11.5 Å². The Morgan fingerprint density at radius 1 is 0.933 bits per heavy atom. The Kier molecular flexibility index (Phi) is 4.79. The first-order valence-electron chi connectivity index (χ1n) is 5.78. The molecule has 0 fully saturated rings. The molecule has 0 atom stereocenters. The molecular formula is C13H22N2. The van der Waals surface area contributed by atoms with Crippen LogP contribution < -0.4 is 11.5 Å². The van der Waals surface area contributed by atoms with E-state index in [1.807, 2.05) is 0 Å². The third-order valence-electron chi connectivity index (χ3n) is 3.00. The molecule has 0 heterocycles. The van der Waals surface area contributed by atoms with Gasteiger partial charge in [0.25, 0.3) is 0 Å². The fourth-order valence-electron chi connectivity index (χ4n) is 2.02. The summed E-state index contributed by atoms with van der Waals surface area (Å²) in [5, 5.41) is 0. The highest BCUT2D eigenvalue weighted by Gasteiger charge is 2.08. The number of hydrogen-bond donors (Lipinski definition) is 2. The van der Waals surface area contributed by atoms with Gasteiger partial charge in [-0.3, -0.25) is 0 Å². The standard InChI is InChI=1S/C13H22N2/c1-3-12(4-2)13-6-10(8-14)5-11(7-13)9-15/h5-7,12H,3-4,8-9,14-15H2,1-2H3. The van der Waals surface area contributed by atoms with Gasteiger partial charge in [-0.05, 0) is 35.4 Å². The fourth-order valence-corrected chi connectivity index (χ4v) is 2.02. The molecule has 2 heteroatoms. The first kappa shape index (κ1) is 12.2. The van der Waals surface area contributed by atoms with Crippen LogP contribution >= 0.6 is 0 Å². The highest BCUT2D eigenvalue weighted by molar-refractivity contribution is 5.32. The lowest BCUT2D eigenvalue weighted by molar-refractivity contribution is 0.640. The number of nitrogens with two attached hydrogens (primary N) is 2. The molecule has 0 amide bonds. The first-order valence-corrected chi connectivity index (χ1v) is 5.78. The molecule has 0 spiro atoms. The summed E-state index contributed by atoms with van der Waals surface area (Å²) in [5.74, 6) is 0.641. The average molecular weight is 206 g/mol. The van der Waals surface area contributed by atoms with Crippen molar-refractivity contribution < 1.29 is 0 Å². The van der Waals surface area contributed by atoms with E-state index >= 15 is 0 Å². The maximum atomic E-state index is 5.68. The summed E-state index contributed by atoms with van der Waals surface area (Å²) in [4.78, 5) is 0. The minimum atomic E-state index is 0.598. The second kappa shape index (κ2) is 5.89. The zero-order chi connectivity index (χ0) is 11.3. The van der Waals surface area contributed by atoms with E-state index < -0.39 is 0 Å². The van der Waals surface area contributed by atoms with Crippen LogP contribution in [0.15, 0.2) is 18.2 Å². The number of rotatable bonds is 5. The predicted octanol–water partition coefficient (Wildman–Crippen LogP) is 2.51. The topological polar surface area (TPSA) is 52.0 Å². The molecule has 0 saturated heterocycles. The molecule has 4 N–H and O–H groups in total. The van der Waals surface area contributed by atoms with Crippen molar-refractivity contribution in [3.8, 4) is 0 Å². The van der Waals surface area contributed by atoms with E-state index in [-0.39, 0.29) is 0 Å². The summed E-state index contributed by atoms with van der Waals surface area (Å²) in [5.41, 5.74) is 15.1. The van der Waals surface area contributed by atoms with Crippen LogP contribution in [0.25, 0.3) is 0 Å². The monoisotopic (exact) mass is 206 g/mol. The Labute approximate surface area is 92.7 Å². The van der Waals surface area contributed by atoms with Gasteiger partial charge in [-0.1, -0.05) is 32.0 Å². The average Bonchev–Trinajstić information content (AvgIpc) is 2.30. The summed E-state index contributed by atoms with van der Waals surface area (Å²) in [6, 6.07) is 6.54. The molecule has 0 aliphatic rings. The van der Waals surface area contributed by atoms with Crippen LogP contribution in [0.5, 0.6) is 0 Å². The minimum absolute atomic E-state index is 0.598. The molecule has 1 aromatic rings. The summed E-state index contributed by atoms with van der Waals surface area (Å²) < 4.78 is 0. The zero-order valence-corrected chi connectivity index (χ0v) is 9.79. The van der Waals surface area contributed by atoms with Gasteiger partial charge in [0.05, 0.1) is 0 Å². The van der Waals surface area contributed by atoms with Crippen molar-refractivity contribution in [2.75, 3.05) is 0 Å². The van der Waals surface area contributed by atoms with Gasteiger partial charge in [-0.15, -0.1) is 0 Å². The van der Waals surface area contributed by atoms with Crippen molar-refractivity contribution in [2.45, 2.75) is 45.7 Å². The minimum Gasteiger partial charge on any atom is -0.326 e. The molecule has 0 aromatic heterocycles. The fraction of sp³-hybridized carbons (Fsp3) is 0.538. The maximum Gasteiger partial charge on any atom is 0.0178 e. The second-order valence-corrected chi connectivity index (χ2v) is 4.00. The normalized spacial score (nSPS) is 11.0. The molecule has 84 valence electrons. The molecular weight excluding hydrogens is 184 g/mol. The van der Waals surface area contributed by atoms with Crippen molar-refractivity contribution in [3.05, 3.63) is 34.9 Å². The van der Waals surface area contributed by atoms with Gasteiger partial charge in [0, 0.05) is 13.1 Å². The number of hydrogen-bond acceptors (Lipinski definition) is 2. The van der Waals surface area contributed by atoms with Crippen molar-refractivity contribution in [1.82, 2.24) is 0 Å². The van der Waals surface area contributed by atoms with Gasteiger partial charge in [0.1, 0.15) is 0 Å². The molecule has 0 saturated carbocycles. The van der Waals surface area contributed by atoms with E-state index in [0.717, 1.165) is 0 Å². The Morgan fingerprint density at radius 3 is 1.73 bits per heavy atom. The Bertz CT molecular complexity index is 281. The van der Waals surface area contributed by atoms with Crippen LogP contribution in [0, 0.1) is 0 Å². The summed E-state index contributed by atoms with van der Waals surface area (Å²) in [7, 11) is 0. The first-order chi connectivity index (χ1) is 7.24. The molecule has 2 nitrogen and oxygen atoms in total. The van der Waals surface area contributed by atoms with Gasteiger partial charge >= 0.3 is 0 Å². The molecule has 1 aromatic carbocycles. The second-order valence-electron chi connectivity index (χ2n) is 4.00. The van der Waals surface area contributed by atoms with E-state index in [2.05, 4.69) is 32.0 Å².